The number of carbonyl (C=O) groups is 4. The molecule has 0 aromatic heterocycles. The molecule has 2 aliphatic rings. The summed E-state index contributed by atoms with van der Waals surface area (Å²) in [5.74, 6) is -1.24. The van der Waals surface area contributed by atoms with Crippen molar-refractivity contribution in [3.05, 3.63) is 129 Å². The van der Waals surface area contributed by atoms with Crippen molar-refractivity contribution in [1.82, 2.24) is 9.80 Å². The molecule has 0 atom stereocenters. The molecule has 0 saturated carbocycles. The summed E-state index contributed by atoms with van der Waals surface area (Å²) in [6, 6.07) is 24.8. The molecule has 2 aliphatic heterocycles. The van der Waals surface area contributed by atoms with E-state index < -0.39 is 0 Å². The molecule has 0 spiro atoms. The average Bonchev–Trinajstić information content (AvgIpc) is 3.35. The molecule has 6 rings (SSSR count). The number of hydrogen-bond donors (Lipinski definition) is 0. The summed E-state index contributed by atoms with van der Waals surface area (Å²) in [6.45, 7) is 4.07. The van der Waals surface area contributed by atoms with Gasteiger partial charge in [0.25, 0.3) is 23.6 Å². The fraction of sp³-hybridized carbons (Fsp3) is 0.125. The van der Waals surface area contributed by atoms with Crippen molar-refractivity contribution in [2.45, 2.75) is 26.9 Å². The van der Waals surface area contributed by atoms with E-state index >= 15 is 0 Å². The number of rotatable bonds is 6. The quantitative estimate of drug-likeness (QED) is 0.216. The minimum Gasteiger partial charge on any atom is -0.270 e. The van der Waals surface area contributed by atoms with Gasteiger partial charge in [-0.3, -0.25) is 29.0 Å². The second kappa shape index (κ2) is 9.81. The molecule has 8 nitrogen and oxygen atoms in total. The summed E-state index contributed by atoms with van der Waals surface area (Å²) in [5, 5.41) is 8.95. The zero-order valence-corrected chi connectivity index (χ0v) is 21.9. The minimum absolute atomic E-state index is 0.129. The van der Waals surface area contributed by atoms with E-state index in [9.17, 15) is 19.2 Å². The number of fused-ring (bicyclic) bond motifs is 2. The van der Waals surface area contributed by atoms with Gasteiger partial charge in [-0.05, 0) is 72.5 Å². The number of amides is 4. The van der Waals surface area contributed by atoms with Crippen LogP contribution in [-0.2, 0) is 13.1 Å². The van der Waals surface area contributed by atoms with Crippen LogP contribution in [0.3, 0.4) is 0 Å². The lowest BCUT2D eigenvalue weighted by molar-refractivity contribution is 0.0627. The Hall–Kier alpha value is -5.24. The number of azo groups is 1. The Morgan fingerprint density at radius 1 is 0.500 bits per heavy atom. The largest absolute Gasteiger partial charge is 0.270 e. The maximum Gasteiger partial charge on any atom is 0.261 e. The lowest BCUT2D eigenvalue weighted by atomic mass is 10.1. The van der Waals surface area contributed by atoms with Gasteiger partial charge >= 0.3 is 0 Å². The molecule has 0 unspecified atom stereocenters. The monoisotopic (exact) mass is 528 g/mol. The van der Waals surface area contributed by atoms with E-state index in [2.05, 4.69) is 10.2 Å². The van der Waals surface area contributed by atoms with Crippen LogP contribution in [0.1, 0.15) is 63.7 Å². The Morgan fingerprint density at radius 3 is 1.15 bits per heavy atom. The van der Waals surface area contributed by atoms with Crippen LogP contribution in [-0.4, -0.2) is 33.4 Å². The molecule has 0 aliphatic carbocycles. The molecular weight excluding hydrogens is 504 g/mol. The second-order valence-corrected chi connectivity index (χ2v) is 9.93. The first-order valence-electron chi connectivity index (χ1n) is 12.8. The Balaban J connectivity index is 1.21. The second-order valence-electron chi connectivity index (χ2n) is 9.93. The highest BCUT2D eigenvalue weighted by Gasteiger charge is 2.36. The SMILES string of the molecule is Cc1ccc(CN2C(=O)c3ccccc3C2=O)cc1N=Nc1cc(CN2C(=O)c3ccccc3C2=O)ccc1C. The Labute approximate surface area is 230 Å². The first-order valence-corrected chi connectivity index (χ1v) is 12.8. The summed E-state index contributed by atoms with van der Waals surface area (Å²) < 4.78 is 0. The highest BCUT2D eigenvalue weighted by molar-refractivity contribution is 6.22. The van der Waals surface area contributed by atoms with Gasteiger partial charge in [-0.25, -0.2) is 0 Å². The van der Waals surface area contributed by atoms with Gasteiger partial charge in [-0.2, -0.15) is 10.2 Å². The van der Waals surface area contributed by atoms with Gasteiger partial charge in [-0.1, -0.05) is 48.5 Å². The minimum atomic E-state index is -0.310. The Bertz CT molecular complexity index is 1580. The van der Waals surface area contributed by atoms with E-state index in [4.69, 9.17) is 0 Å². The van der Waals surface area contributed by atoms with E-state index in [1.54, 1.807) is 48.5 Å². The third-order valence-electron chi connectivity index (χ3n) is 7.25. The smallest absolute Gasteiger partial charge is 0.261 e. The fourth-order valence-corrected chi connectivity index (χ4v) is 4.96. The molecule has 8 heteroatoms. The van der Waals surface area contributed by atoms with Crippen LogP contribution < -0.4 is 0 Å². The van der Waals surface area contributed by atoms with E-state index in [0.717, 1.165) is 22.3 Å². The number of carbonyl (C=O) groups excluding carboxylic acids is 4. The fourth-order valence-electron chi connectivity index (χ4n) is 4.96. The molecule has 196 valence electrons. The Kier molecular flexibility index (Phi) is 6.15. The predicted octanol–water partition coefficient (Wildman–Crippen LogP) is 6.31. The molecule has 0 fully saturated rings. The van der Waals surface area contributed by atoms with Crippen LogP contribution in [0, 0.1) is 13.8 Å². The van der Waals surface area contributed by atoms with Crippen LogP contribution >= 0.6 is 0 Å². The molecule has 4 aromatic rings. The maximum atomic E-state index is 12.8. The first kappa shape index (κ1) is 25.1. The topological polar surface area (TPSA) is 99.5 Å². The lowest BCUT2D eigenvalue weighted by Crippen LogP contribution is -2.29. The van der Waals surface area contributed by atoms with Crippen LogP contribution in [0.4, 0.5) is 11.4 Å². The zero-order chi connectivity index (χ0) is 28.0. The molecule has 4 aromatic carbocycles. The van der Waals surface area contributed by atoms with Crippen LogP contribution in [0.5, 0.6) is 0 Å². The van der Waals surface area contributed by atoms with Gasteiger partial charge < -0.3 is 0 Å². The zero-order valence-electron chi connectivity index (χ0n) is 21.9. The lowest BCUT2D eigenvalue weighted by Gasteiger charge is -2.15. The standard InChI is InChI=1S/C32H24N4O4/c1-19-11-13-21(17-35-29(37)23-7-3-4-8-24(23)30(35)38)15-27(19)33-34-28-16-22(14-12-20(28)2)18-36-31(39)25-9-5-6-10-26(25)32(36)40/h3-16H,17-18H2,1-2H3. The summed E-state index contributed by atoms with van der Waals surface area (Å²) in [5.41, 5.74) is 6.15. The maximum absolute atomic E-state index is 12.8. The van der Waals surface area contributed by atoms with Crippen LogP contribution in [0.25, 0.3) is 0 Å². The molecular formula is C32H24N4O4. The highest BCUT2D eigenvalue weighted by atomic mass is 16.2. The van der Waals surface area contributed by atoms with Crippen molar-refractivity contribution in [3.8, 4) is 0 Å². The number of aryl methyl sites for hydroxylation is 2. The van der Waals surface area contributed by atoms with E-state index in [-0.39, 0.29) is 36.7 Å². The molecule has 2 heterocycles. The van der Waals surface area contributed by atoms with Crippen molar-refractivity contribution in [2.24, 2.45) is 10.2 Å². The highest BCUT2D eigenvalue weighted by Crippen LogP contribution is 2.30. The summed E-state index contributed by atoms with van der Waals surface area (Å²) >= 11 is 0. The molecule has 0 saturated heterocycles. The van der Waals surface area contributed by atoms with Crippen LogP contribution in [0.2, 0.25) is 0 Å². The third kappa shape index (κ3) is 4.29. The molecule has 0 bridgehead atoms. The van der Waals surface area contributed by atoms with Crippen molar-refractivity contribution in [3.63, 3.8) is 0 Å². The summed E-state index contributed by atoms with van der Waals surface area (Å²) in [6.07, 6.45) is 0. The Morgan fingerprint density at radius 2 is 0.825 bits per heavy atom. The van der Waals surface area contributed by atoms with E-state index in [1.165, 1.54) is 9.80 Å². The third-order valence-corrected chi connectivity index (χ3v) is 7.25. The van der Waals surface area contributed by atoms with Gasteiger partial charge in [0.15, 0.2) is 0 Å². The number of imide groups is 2. The van der Waals surface area contributed by atoms with Gasteiger partial charge in [0.1, 0.15) is 0 Å². The van der Waals surface area contributed by atoms with Crippen LogP contribution in [0.15, 0.2) is 95.2 Å². The predicted molar refractivity (Wildman–Crippen MR) is 148 cm³/mol. The molecule has 40 heavy (non-hydrogen) atoms. The van der Waals surface area contributed by atoms with Gasteiger partial charge in [-0.15, -0.1) is 0 Å². The van der Waals surface area contributed by atoms with E-state index in [1.807, 2.05) is 50.2 Å². The molecule has 0 radical (unpaired) electrons. The number of hydrogen-bond acceptors (Lipinski definition) is 6. The van der Waals surface area contributed by atoms with Crippen molar-refractivity contribution < 1.29 is 19.2 Å². The summed E-state index contributed by atoms with van der Waals surface area (Å²) in [7, 11) is 0. The summed E-state index contributed by atoms with van der Waals surface area (Å²) in [4.78, 5) is 53.6. The number of nitrogens with zero attached hydrogens (tertiary/aromatic N) is 4. The van der Waals surface area contributed by atoms with Crippen molar-refractivity contribution >= 4 is 35.0 Å². The van der Waals surface area contributed by atoms with E-state index in [0.29, 0.717) is 33.6 Å². The number of benzene rings is 4. The van der Waals surface area contributed by atoms with Gasteiger partial charge in [0.05, 0.1) is 46.7 Å². The van der Waals surface area contributed by atoms with Gasteiger partial charge in [0.2, 0.25) is 0 Å². The normalized spacial score (nSPS) is 14.4. The first-order chi connectivity index (χ1) is 19.3. The average molecular weight is 529 g/mol. The van der Waals surface area contributed by atoms with Crippen molar-refractivity contribution in [2.75, 3.05) is 0 Å². The van der Waals surface area contributed by atoms with Gasteiger partial charge in [0, 0.05) is 0 Å². The molecule has 0 N–H and O–H groups in total. The molecule has 4 amide bonds. The van der Waals surface area contributed by atoms with Crippen molar-refractivity contribution in [1.29, 1.82) is 0 Å².